The van der Waals surface area contributed by atoms with E-state index in [1.807, 2.05) is 6.92 Å². The number of rotatable bonds is 1. The second kappa shape index (κ2) is 24.3. The Bertz CT molecular complexity index is 11.9. The average Bonchev–Trinajstić information content (AvgIpc) is 1.69. The topological polar surface area (TPSA) is 0 Å². The van der Waals surface area contributed by atoms with Crippen molar-refractivity contribution in [1.82, 2.24) is 0 Å². The summed E-state index contributed by atoms with van der Waals surface area (Å²) in [5.41, 5.74) is 0. The fourth-order valence-corrected chi connectivity index (χ4v) is 0. The smallest absolute Gasteiger partial charge is 0 e. The first-order chi connectivity index (χ1) is 3.33. The molecule has 0 aliphatic rings. The summed E-state index contributed by atoms with van der Waals surface area (Å²) < 4.78 is 0. The van der Waals surface area contributed by atoms with E-state index in [4.69, 9.17) is 0 Å². The van der Waals surface area contributed by atoms with Gasteiger partial charge in [0.05, 0.1) is 0 Å². The van der Waals surface area contributed by atoms with Crippen LogP contribution in [0.4, 0.5) is 0 Å². The number of hydrogen-bond donors (Lipinski definition) is 0. The normalized spacial score (nSPS) is 6.00. The second-order valence-corrected chi connectivity index (χ2v) is 1.35. The van der Waals surface area contributed by atoms with Crippen molar-refractivity contribution in [3.05, 3.63) is 13.8 Å². The fraction of sp³-hybridized carbons (Fsp3) is 0.714. The summed E-state index contributed by atoms with van der Waals surface area (Å²) in [6, 6.07) is 0. The first-order valence-electron chi connectivity index (χ1n) is 2.91. The minimum atomic E-state index is 0. The van der Waals surface area contributed by atoms with Gasteiger partial charge in [0.25, 0.3) is 0 Å². The standard InChI is InChI=1S/C4H9.C3H7.Y/c1-3-4-2;1-3-2;/h1,3-4H2,2H3;1,3H2,2H3;/q2*-1;. The molecule has 0 heterocycles. The van der Waals surface area contributed by atoms with Crippen molar-refractivity contribution < 1.29 is 32.7 Å². The molecule has 49 valence electrons. The summed E-state index contributed by atoms with van der Waals surface area (Å²) in [4.78, 5) is 0. The Hall–Kier alpha value is 1.10. The van der Waals surface area contributed by atoms with Gasteiger partial charge in [-0.25, -0.2) is 0 Å². The third-order valence-electron chi connectivity index (χ3n) is 0.354. The zero-order valence-electron chi connectivity index (χ0n) is 6.11. The summed E-state index contributed by atoms with van der Waals surface area (Å²) in [6.07, 6.45) is 3.28. The van der Waals surface area contributed by atoms with Gasteiger partial charge in [0, 0.05) is 32.7 Å². The van der Waals surface area contributed by atoms with Gasteiger partial charge in [0.2, 0.25) is 0 Å². The summed E-state index contributed by atoms with van der Waals surface area (Å²) in [5, 5.41) is 0. The molecule has 1 heteroatoms. The van der Waals surface area contributed by atoms with E-state index in [1.165, 1.54) is 6.42 Å². The van der Waals surface area contributed by atoms with Crippen molar-refractivity contribution in [2.75, 3.05) is 0 Å². The molecule has 8 heavy (non-hydrogen) atoms. The van der Waals surface area contributed by atoms with Gasteiger partial charge in [-0.15, -0.1) is 0 Å². The quantitative estimate of drug-likeness (QED) is 0.556. The summed E-state index contributed by atoms with van der Waals surface area (Å²) in [6.45, 7) is 11.2. The molecule has 0 spiro atoms. The SMILES string of the molecule is [CH2-]CC.[CH2-]CCC.[Y]. The Morgan fingerprint density at radius 3 is 1.25 bits per heavy atom. The minimum Gasteiger partial charge on any atom is -0.344 e. The molecule has 0 bridgehead atoms. The van der Waals surface area contributed by atoms with Crippen LogP contribution in [0.2, 0.25) is 0 Å². The van der Waals surface area contributed by atoms with Crippen LogP contribution in [0.5, 0.6) is 0 Å². The summed E-state index contributed by atoms with van der Waals surface area (Å²) in [5.74, 6) is 0. The first-order valence-corrected chi connectivity index (χ1v) is 2.91. The van der Waals surface area contributed by atoms with Crippen LogP contribution < -0.4 is 0 Å². The zero-order chi connectivity index (χ0) is 6.12. The van der Waals surface area contributed by atoms with Gasteiger partial charge in [0.15, 0.2) is 0 Å². The summed E-state index contributed by atoms with van der Waals surface area (Å²) >= 11 is 0. The van der Waals surface area contributed by atoms with E-state index >= 15 is 0 Å². The van der Waals surface area contributed by atoms with Gasteiger partial charge in [-0.05, 0) is 0 Å². The Balaban J connectivity index is -0.0000000575. The van der Waals surface area contributed by atoms with Gasteiger partial charge in [-0.1, -0.05) is 20.3 Å². The van der Waals surface area contributed by atoms with Gasteiger partial charge in [0.1, 0.15) is 0 Å². The largest absolute Gasteiger partial charge is 0.344 e. The van der Waals surface area contributed by atoms with Crippen LogP contribution in [0.1, 0.15) is 33.1 Å². The molecular weight excluding hydrogens is 173 g/mol. The monoisotopic (exact) mass is 189 g/mol. The first kappa shape index (κ1) is 16.0. The van der Waals surface area contributed by atoms with E-state index in [2.05, 4.69) is 20.8 Å². The molecule has 0 N–H and O–H groups in total. The van der Waals surface area contributed by atoms with E-state index < -0.39 is 0 Å². The predicted molar refractivity (Wildman–Crippen MR) is 35.9 cm³/mol. The molecule has 0 aliphatic heterocycles. The molecule has 0 unspecified atom stereocenters. The molecule has 1 radical (unpaired) electrons. The van der Waals surface area contributed by atoms with Crippen LogP contribution in [0.25, 0.3) is 0 Å². The molecule has 0 amide bonds. The van der Waals surface area contributed by atoms with Gasteiger partial charge in [-0.2, -0.15) is 12.8 Å². The van der Waals surface area contributed by atoms with Crippen molar-refractivity contribution >= 4 is 0 Å². The van der Waals surface area contributed by atoms with Gasteiger partial charge in [-0.3, -0.25) is 0 Å². The van der Waals surface area contributed by atoms with E-state index in [-0.39, 0.29) is 32.7 Å². The van der Waals surface area contributed by atoms with Crippen LogP contribution in [0.15, 0.2) is 0 Å². The maximum Gasteiger partial charge on any atom is 0 e. The predicted octanol–water partition coefficient (Wildman–Crippen LogP) is 2.85. The third-order valence-corrected chi connectivity index (χ3v) is 0.354. The number of unbranched alkanes of at least 4 members (excludes halogenated alkanes) is 1. The molecule has 0 fully saturated rings. The number of hydrogen-bond acceptors (Lipinski definition) is 0. The zero-order valence-corrected chi connectivity index (χ0v) is 8.95. The Labute approximate surface area is 79.3 Å². The molecular formula is C7H16Y-2. The van der Waals surface area contributed by atoms with Crippen LogP contribution in [0, 0.1) is 13.8 Å². The fourth-order valence-electron chi connectivity index (χ4n) is 0. The van der Waals surface area contributed by atoms with E-state index in [0.29, 0.717) is 0 Å². The molecule has 0 rings (SSSR count). The Morgan fingerprint density at radius 2 is 1.25 bits per heavy atom. The molecule has 0 aliphatic carbocycles. The van der Waals surface area contributed by atoms with Crippen molar-refractivity contribution in [3.8, 4) is 0 Å². The molecule has 0 aromatic heterocycles. The van der Waals surface area contributed by atoms with Crippen molar-refractivity contribution in [2.45, 2.75) is 33.1 Å². The molecule has 0 nitrogen and oxygen atoms in total. The van der Waals surface area contributed by atoms with Crippen LogP contribution in [-0.2, 0) is 32.7 Å². The maximum absolute atomic E-state index is 3.60. The van der Waals surface area contributed by atoms with Crippen molar-refractivity contribution in [3.63, 3.8) is 0 Å². The Morgan fingerprint density at radius 1 is 1.12 bits per heavy atom. The van der Waals surface area contributed by atoms with Crippen molar-refractivity contribution in [2.24, 2.45) is 0 Å². The summed E-state index contributed by atoms with van der Waals surface area (Å²) in [7, 11) is 0. The van der Waals surface area contributed by atoms with Gasteiger partial charge >= 0.3 is 0 Å². The Kier molecular flexibility index (Phi) is 48.7. The third kappa shape index (κ3) is 59.8. The molecule has 0 saturated heterocycles. The minimum absolute atomic E-state index is 0. The molecule has 0 atom stereocenters. The average molecular weight is 189 g/mol. The van der Waals surface area contributed by atoms with Gasteiger partial charge < -0.3 is 13.8 Å². The van der Waals surface area contributed by atoms with Crippen LogP contribution in [-0.4, -0.2) is 0 Å². The maximum atomic E-state index is 3.60. The van der Waals surface area contributed by atoms with E-state index in [9.17, 15) is 0 Å². The van der Waals surface area contributed by atoms with Crippen LogP contribution >= 0.6 is 0 Å². The molecule has 0 aromatic carbocycles. The van der Waals surface area contributed by atoms with Crippen LogP contribution in [0.3, 0.4) is 0 Å². The van der Waals surface area contributed by atoms with E-state index in [1.54, 1.807) is 0 Å². The second-order valence-electron chi connectivity index (χ2n) is 1.35. The van der Waals surface area contributed by atoms with Crippen molar-refractivity contribution in [1.29, 1.82) is 0 Å². The molecule has 0 aromatic rings. The van der Waals surface area contributed by atoms with E-state index in [0.717, 1.165) is 12.8 Å². The molecule has 0 saturated carbocycles.